The van der Waals surface area contributed by atoms with E-state index in [-0.39, 0.29) is 6.61 Å². The van der Waals surface area contributed by atoms with Gasteiger partial charge in [0, 0.05) is 25.4 Å². The highest BCUT2D eigenvalue weighted by molar-refractivity contribution is 5.43. The van der Waals surface area contributed by atoms with Crippen LogP contribution in [-0.2, 0) is 0 Å². The van der Waals surface area contributed by atoms with Gasteiger partial charge in [0.15, 0.2) is 0 Å². The van der Waals surface area contributed by atoms with E-state index in [2.05, 4.69) is 15.4 Å². The minimum atomic E-state index is 0.0882. The lowest BCUT2D eigenvalue weighted by molar-refractivity contribution is 0.304. The molecule has 0 unspecified atom stereocenters. The third kappa shape index (κ3) is 2.54. The van der Waals surface area contributed by atoms with Gasteiger partial charge < -0.3 is 10.0 Å². The molecule has 0 aromatic carbocycles. The molecule has 0 spiro atoms. The molecule has 14 heavy (non-hydrogen) atoms. The van der Waals surface area contributed by atoms with Gasteiger partial charge in [-0.25, -0.2) is 10.8 Å². The number of likely N-dealkylation sites (N-methyl/N-ethyl adjacent to an activating group) is 1. The Balaban J connectivity index is 2.90. The standard InChI is InChI=1S/C8H15N5O/c1-6-5-7(13(2)3-4-14)11-8(10-6)12-9/h5,14H,3-4,9H2,1-2H3,(H,10,11,12). The zero-order valence-corrected chi connectivity index (χ0v) is 8.36. The highest BCUT2D eigenvalue weighted by Gasteiger charge is 2.04. The summed E-state index contributed by atoms with van der Waals surface area (Å²) < 4.78 is 0. The molecule has 1 rings (SSSR count). The molecule has 0 atom stereocenters. The van der Waals surface area contributed by atoms with Crippen LogP contribution in [0.2, 0.25) is 0 Å². The average Bonchev–Trinajstić information content (AvgIpc) is 2.17. The van der Waals surface area contributed by atoms with Crippen molar-refractivity contribution < 1.29 is 5.11 Å². The molecule has 0 aliphatic carbocycles. The Hall–Kier alpha value is -1.40. The summed E-state index contributed by atoms with van der Waals surface area (Å²) in [6.07, 6.45) is 0. The van der Waals surface area contributed by atoms with Gasteiger partial charge in [0.25, 0.3) is 0 Å². The number of anilines is 2. The van der Waals surface area contributed by atoms with Crippen LogP contribution in [0.1, 0.15) is 5.69 Å². The van der Waals surface area contributed by atoms with Gasteiger partial charge in [-0.05, 0) is 6.92 Å². The van der Waals surface area contributed by atoms with Gasteiger partial charge in [0.05, 0.1) is 6.61 Å². The van der Waals surface area contributed by atoms with E-state index in [1.54, 1.807) is 0 Å². The number of hydrazine groups is 1. The first kappa shape index (κ1) is 10.7. The molecular formula is C8H15N5O. The average molecular weight is 197 g/mol. The van der Waals surface area contributed by atoms with Crippen molar-refractivity contribution in [3.8, 4) is 0 Å². The molecule has 4 N–H and O–H groups in total. The van der Waals surface area contributed by atoms with E-state index in [0.717, 1.165) is 11.5 Å². The maximum Gasteiger partial charge on any atom is 0.239 e. The number of aliphatic hydroxyl groups excluding tert-OH is 1. The predicted molar refractivity (Wildman–Crippen MR) is 54.9 cm³/mol. The van der Waals surface area contributed by atoms with Crippen LogP contribution in [0.3, 0.4) is 0 Å². The molecule has 78 valence electrons. The van der Waals surface area contributed by atoms with Crippen LogP contribution in [-0.4, -0.2) is 35.3 Å². The van der Waals surface area contributed by atoms with Crippen LogP contribution < -0.4 is 16.2 Å². The Morgan fingerprint density at radius 2 is 2.29 bits per heavy atom. The minimum Gasteiger partial charge on any atom is -0.395 e. The molecule has 1 aromatic heterocycles. The molecule has 1 aromatic rings. The lowest BCUT2D eigenvalue weighted by atomic mass is 10.4. The van der Waals surface area contributed by atoms with Crippen molar-refractivity contribution in [3.05, 3.63) is 11.8 Å². The van der Waals surface area contributed by atoms with Crippen LogP contribution in [0.4, 0.5) is 11.8 Å². The lowest BCUT2D eigenvalue weighted by Gasteiger charge is -2.17. The summed E-state index contributed by atoms with van der Waals surface area (Å²) in [4.78, 5) is 10.0. The third-order valence-corrected chi connectivity index (χ3v) is 1.80. The van der Waals surface area contributed by atoms with Crippen LogP contribution >= 0.6 is 0 Å². The largest absolute Gasteiger partial charge is 0.395 e. The minimum absolute atomic E-state index is 0.0882. The summed E-state index contributed by atoms with van der Waals surface area (Å²) in [7, 11) is 1.85. The Bertz CT molecular complexity index is 304. The molecule has 0 saturated carbocycles. The van der Waals surface area contributed by atoms with Crippen LogP contribution in [0, 0.1) is 6.92 Å². The fraction of sp³-hybridized carbons (Fsp3) is 0.500. The monoisotopic (exact) mass is 197 g/mol. The van der Waals surface area contributed by atoms with Crippen LogP contribution in [0.25, 0.3) is 0 Å². The number of nitrogens with two attached hydrogens (primary N) is 1. The number of aromatic nitrogens is 2. The van der Waals surface area contributed by atoms with Gasteiger partial charge in [-0.15, -0.1) is 0 Å². The molecule has 6 heteroatoms. The van der Waals surface area contributed by atoms with Crippen LogP contribution in [0.5, 0.6) is 0 Å². The molecule has 1 heterocycles. The van der Waals surface area contributed by atoms with E-state index in [1.807, 2.05) is 24.9 Å². The van der Waals surface area contributed by atoms with Crippen molar-refractivity contribution in [2.24, 2.45) is 5.84 Å². The summed E-state index contributed by atoms with van der Waals surface area (Å²) in [6.45, 7) is 2.48. The smallest absolute Gasteiger partial charge is 0.239 e. The quantitative estimate of drug-likeness (QED) is 0.445. The molecule has 0 saturated heterocycles. The molecule has 0 aliphatic heterocycles. The second-order valence-corrected chi connectivity index (χ2v) is 2.98. The zero-order valence-electron chi connectivity index (χ0n) is 8.36. The summed E-state index contributed by atoms with van der Waals surface area (Å²) in [5.41, 5.74) is 3.22. The Morgan fingerprint density at radius 3 is 2.86 bits per heavy atom. The topological polar surface area (TPSA) is 87.3 Å². The van der Waals surface area contributed by atoms with Gasteiger partial charge in [0.1, 0.15) is 5.82 Å². The van der Waals surface area contributed by atoms with Crippen molar-refractivity contribution >= 4 is 11.8 Å². The summed E-state index contributed by atoms with van der Waals surface area (Å²) in [5.74, 6) is 6.33. The number of hydrogen-bond acceptors (Lipinski definition) is 6. The first-order chi connectivity index (χ1) is 6.67. The molecule has 6 nitrogen and oxygen atoms in total. The second-order valence-electron chi connectivity index (χ2n) is 2.98. The maximum absolute atomic E-state index is 8.77. The Labute approximate surface area is 82.7 Å². The molecule has 0 fully saturated rings. The van der Waals surface area contributed by atoms with Crippen molar-refractivity contribution in [3.63, 3.8) is 0 Å². The van der Waals surface area contributed by atoms with Gasteiger partial charge >= 0.3 is 0 Å². The van der Waals surface area contributed by atoms with E-state index in [1.165, 1.54) is 0 Å². The van der Waals surface area contributed by atoms with Crippen molar-refractivity contribution in [2.75, 3.05) is 30.5 Å². The van der Waals surface area contributed by atoms with Crippen molar-refractivity contribution in [1.29, 1.82) is 0 Å². The zero-order chi connectivity index (χ0) is 10.6. The number of nitrogens with one attached hydrogen (secondary N) is 1. The van der Waals surface area contributed by atoms with Gasteiger partial charge in [-0.2, -0.15) is 4.98 Å². The first-order valence-electron chi connectivity index (χ1n) is 4.31. The molecule has 0 amide bonds. The van der Waals surface area contributed by atoms with E-state index < -0.39 is 0 Å². The number of rotatable bonds is 4. The van der Waals surface area contributed by atoms with Gasteiger partial charge in [0.2, 0.25) is 5.95 Å². The number of hydrogen-bond donors (Lipinski definition) is 3. The second kappa shape index (κ2) is 4.73. The highest BCUT2D eigenvalue weighted by atomic mass is 16.3. The molecular weight excluding hydrogens is 182 g/mol. The van der Waals surface area contributed by atoms with Gasteiger partial charge in [-0.3, -0.25) is 5.43 Å². The summed E-state index contributed by atoms with van der Waals surface area (Å²) in [6, 6.07) is 1.83. The first-order valence-corrected chi connectivity index (χ1v) is 4.31. The predicted octanol–water partition coefficient (Wildman–Crippen LogP) is -0.501. The van der Waals surface area contributed by atoms with E-state index in [4.69, 9.17) is 10.9 Å². The Morgan fingerprint density at radius 1 is 1.57 bits per heavy atom. The number of nitrogen functional groups attached to an aromatic ring is 1. The summed E-state index contributed by atoms with van der Waals surface area (Å²) >= 11 is 0. The number of nitrogens with zero attached hydrogens (tertiary/aromatic N) is 3. The highest BCUT2D eigenvalue weighted by Crippen LogP contribution is 2.12. The fourth-order valence-corrected chi connectivity index (χ4v) is 1.08. The van der Waals surface area contributed by atoms with E-state index >= 15 is 0 Å². The van der Waals surface area contributed by atoms with Crippen LogP contribution in [0.15, 0.2) is 6.07 Å². The summed E-state index contributed by atoms with van der Waals surface area (Å²) in [5, 5.41) is 8.77. The molecule has 0 aliphatic rings. The third-order valence-electron chi connectivity index (χ3n) is 1.80. The van der Waals surface area contributed by atoms with Crippen molar-refractivity contribution in [2.45, 2.75) is 6.92 Å². The normalized spacial score (nSPS) is 10.0. The lowest BCUT2D eigenvalue weighted by Crippen LogP contribution is -2.23. The fourth-order valence-electron chi connectivity index (χ4n) is 1.08. The number of aliphatic hydroxyl groups is 1. The molecule has 0 bridgehead atoms. The Kier molecular flexibility index (Phi) is 3.61. The SMILES string of the molecule is Cc1cc(N(C)CCO)nc(NN)n1. The van der Waals surface area contributed by atoms with E-state index in [9.17, 15) is 0 Å². The van der Waals surface area contributed by atoms with Gasteiger partial charge in [-0.1, -0.05) is 0 Å². The molecule has 0 radical (unpaired) electrons. The number of aryl methyl sites for hydroxylation is 1. The van der Waals surface area contributed by atoms with E-state index in [0.29, 0.717) is 12.5 Å². The maximum atomic E-state index is 8.77. The van der Waals surface area contributed by atoms with Crippen molar-refractivity contribution in [1.82, 2.24) is 9.97 Å².